The summed E-state index contributed by atoms with van der Waals surface area (Å²) in [6.07, 6.45) is 28.4. The van der Waals surface area contributed by atoms with E-state index in [4.69, 9.17) is 0 Å². The number of pyridine rings is 3. The molecule has 143 heavy (non-hydrogen) atoms. The first-order valence-electron chi connectivity index (χ1n) is 49.3. The van der Waals surface area contributed by atoms with Gasteiger partial charge in [-0.25, -0.2) is 43.9 Å². The third-order valence-electron chi connectivity index (χ3n) is 13.4. The van der Waals surface area contributed by atoms with Gasteiger partial charge in [-0.3, -0.25) is 25.0 Å². The molecule has 0 bridgehead atoms. The summed E-state index contributed by atoms with van der Waals surface area (Å²) in [4.78, 5) is 47.8. The van der Waals surface area contributed by atoms with Crippen molar-refractivity contribution in [2.24, 2.45) is 59.1 Å². The number of thiazole rings is 1. The second kappa shape index (κ2) is 65.3. The molecule has 0 amide bonds. The minimum Gasteiger partial charge on any atom is -0.345 e. The Morgan fingerprint density at radius 3 is 1.15 bits per heavy atom. The molecule has 2 N–H and O–H groups in total. The van der Waals surface area contributed by atoms with Gasteiger partial charge in [0.2, 0.25) is 0 Å². The van der Waals surface area contributed by atoms with Crippen LogP contribution in [-0.2, 0) is 6.54 Å². The molecule has 0 fully saturated rings. The average molecular weight is 1960 g/mol. The molecule has 13 heterocycles. The summed E-state index contributed by atoms with van der Waals surface area (Å²) >= 11 is 1.68. The standard InChI is InChI=1S/C9H7N.2C8H6N2.C8H7N.3C7H6N2.C7H5NS.2C6H5N3.10C5H12/c1-2-6-9-8(4-1)5-3-7-10-9;1-2-4-8-7(3-1)5-9-6-10-8;1-2-4-8-7(3-1)9-5-6-10-8;1-2-4-8-6-9-5-7(8)3-1;1-2-5-9-6-4-8-7(9)3-1;1-2-4-7-6(3-1)8-5-9-7;1-2-4-7-6(3-1)5-8-9-7;1-2-4-7-6(3-1)8-5-9-7;1-2-6-7-4-5-9(6)8-3-1;1-2-4-9-6(3-1)7-5-8-9;10*1-5(2,3)4/h1-7H;2*1-6H;1-5H,6H2;1-6H;2*1-5H,(H,8,9);3*1-5H;10*1-4H3. The Bertz CT molecular complexity index is 5160. The van der Waals surface area contributed by atoms with Gasteiger partial charge in [-0.1, -0.05) is 410 Å². The fraction of sp³-hybridized carbons (Fsp3) is 0.415. The third kappa shape index (κ3) is 81.3. The van der Waals surface area contributed by atoms with E-state index in [1.54, 1.807) is 64.0 Å². The lowest BCUT2D eigenvalue weighted by molar-refractivity contribution is 0.469. The molecule has 772 valence electrons. The van der Waals surface area contributed by atoms with E-state index in [1.165, 1.54) is 27.5 Å². The molecule has 0 saturated carbocycles. The average Bonchev–Trinajstić information content (AvgIpc) is 1.63. The number of fused-ring (bicyclic) bond motifs is 10. The number of aromatic nitrogens is 18. The number of aromatic amines is 2. The molecule has 1 aliphatic heterocycles. The molecule has 20 rings (SSSR count). The van der Waals surface area contributed by atoms with Crippen LogP contribution in [0.2, 0.25) is 0 Å². The van der Waals surface area contributed by atoms with Gasteiger partial charge in [0.05, 0.1) is 73.4 Å². The van der Waals surface area contributed by atoms with Gasteiger partial charge < -0.3 is 9.38 Å². The summed E-state index contributed by atoms with van der Waals surface area (Å²) in [6.45, 7) is 88.4. The Hall–Kier alpha value is -12.9. The van der Waals surface area contributed by atoms with Gasteiger partial charge in [0.15, 0.2) is 11.3 Å². The Kier molecular flexibility index (Phi) is 58.5. The first-order valence-corrected chi connectivity index (χ1v) is 50.1. The van der Waals surface area contributed by atoms with Gasteiger partial charge in [-0.05, 0) is 162 Å². The monoisotopic (exact) mass is 1950 g/mol. The van der Waals surface area contributed by atoms with E-state index in [-0.39, 0.29) is 0 Å². The van der Waals surface area contributed by atoms with E-state index in [9.17, 15) is 0 Å². The highest BCUT2D eigenvalue weighted by molar-refractivity contribution is 7.16. The molecule has 0 unspecified atom stereocenters. The lowest BCUT2D eigenvalue weighted by Crippen LogP contribution is -1.93. The fourth-order valence-corrected chi connectivity index (χ4v) is 9.53. The van der Waals surface area contributed by atoms with Crippen molar-refractivity contribution in [2.75, 3.05) is 0 Å². The number of para-hydroxylation sites is 8. The van der Waals surface area contributed by atoms with Crippen LogP contribution in [0.4, 0.5) is 0 Å². The van der Waals surface area contributed by atoms with E-state index in [2.05, 4.69) is 387 Å². The van der Waals surface area contributed by atoms with Gasteiger partial charge >= 0.3 is 0 Å². The molecular weight excluding hydrogens is 1780 g/mol. The number of H-pyrrole nitrogens is 2. The number of imidazole rings is 3. The van der Waals surface area contributed by atoms with Crippen LogP contribution in [-0.4, -0.2) is 94.9 Å². The van der Waals surface area contributed by atoms with Crippen molar-refractivity contribution in [3.63, 3.8) is 0 Å². The second-order valence-corrected chi connectivity index (χ2v) is 50.5. The number of hydrogen-bond donors (Lipinski definition) is 2. The predicted molar refractivity (Wildman–Crippen MR) is 623 cm³/mol. The predicted octanol–water partition coefficient (Wildman–Crippen LogP) is 35.9. The van der Waals surface area contributed by atoms with Crippen molar-refractivity contribution in [2.45, 2.75) is 283 Å². The molecule has 0 radical (unpaired) electrons. The third-order valence-corrected chi connectivity index (χ3v) is 14.2. The molecule has 20 heteroatoms. The van der Waals surface area contributed by atoms with E-state index in [0.29, 0.717) is 54.1 Å². The molecule has 0 atom stereocenters. The van der Waals surface area contributed by atoms with E-state index in [0.717, 1.165) is 78.4 Å². The minimum absolute atomic E-state index is 0.500. The zero-order valence-electron chi connectivity index (χ0n) is 95.0. The van der Waals surface area contributed by atoms with Crippen LogP contribution < -0.4 is 0 Å². The highest BCUT2D eigenvalue weighted by Crippen LogP contribution is 2.20. The SMILES string of the molecule is C1=NCc2ccccc21.CC(C)(C)C.CC(C)(C)C.CC(C)(C)C.CC(C)(C)C.CC(C)(C)C.CC(C)(C)C.CC(C)(C)C.CC(C)(C)C.CC(C)(C)C.CC(C)(C)C.c1ccc2[nH]cnc2c1.c1ccc2[nH]ncc2c1.c1ccc2ncccc2c1.c1ccc2nccnc2c1.c1ccc2ncncc2c1.c1ccc2scnc2c1.c1ccn2ccnc2c1.c1ccn2ncnc2c1.c1cnn2ccnc2c1. The summed E-state index contributed by atoms with van der Waals surface area (Å²) in [5.41, 5.74) is 20.5. The van der Waals surface area contributed by atoms with Gasteiger partial charge in [-0.15, -0.1) is 11.3 Å². The van der Waals surface area contributed by atoms with Crippen LogP contribution in [0.25, 0.3) is 81.9 Å². The number of hydrogen-bond acceptors (Lipinski definition) is 15. The summed E-state index contributed by atoms with van der Waals surface area (Å²) in [5.74, 6) is 0. The van der Waals surface area contributed by atoms with Crippen LogP contribution in [0.1, 0.15) is 288 Å². The van der Waals surface area contributed by atoms with Crippen molar-refractivity contribution in [3.05, 3.63) is 341 Å². The number of nitrogens with zero attached hydrogens (tertiary/aromatic N) is 17. The quantitative estimate of drug-likeness (QED) is 0.144. The zero-order valence-corrected chi connectivity index (χ0v) is 95.8. The second-order valence-electron chi connectivity index (χ2n) is 49.6. The number of rotatable bonds is 0. The molecular formula is C123H179N19S. The summed E-state index contributed by atoms with van der Waals surface area (Å²) in [5, 5.41) is 18.1. The van der Waals surface area contributed by atoms with Gasteiger partial charge in [0.25, 0.3) is 0 Å². The Morgan fingerprint density at radius 2 is 0.657 bits per heavy atom. The van der Waals surface area contributed by atoms with Crippen LogP contribution in [0, 0.1) is 54.1 Å². The molecule has 0 spiro atoms. The molecule has 0 saturated heterocycles. The highest BCUT2D eigenvalue weighted by atomic mass is 32.1. The lowest BCUT2D eigenvalue weighted by Gasteiger charge is -2.05. The Balaban J connectivity index is 0.000000758. The number of nitrogens with one attached hydrogen (secondary N) is 2. The molecule has 0 aliphatic carbocycles. The van der Waals surface area contributed by atoms with Crippen molar-refractivity contribution < 1.29 is 0 Å². The van der Waals surface area contributed by atoms with Crippen molar-refractivity contribution in [3.8, 4) is 0 Å². The fourth-order valence-electron chi connectivity index (χ4n) is 8.86. The highest BCUT2D eigenvalue weighted by Gasteiger charge is 2.05. The van der Waals surface area contributed by atoms with E-state index in [1.807, 2.05) is 260 Å². The summed E-state index contributed by atoms with van der Waals surface area (Å²) in [6, 6.07) is 75.6. The van der Waals surface area contributed by atoms with Crippen molar-refractivity contribution >= 4 is 99.5 Å². The van der Waals surface area contributed by atoms with Crippen LogP contribution in [0.15, 0.2) is 334 Å². The van der Waals surface area contributed by atoms with Crippen LogP contribution in [0.5, 0.6) is 0 Å². The van der Waals surface area contributed by atoms with Crippen LogP contribution >= 0.6 is 11.3 Å². The smallest absolute Gasteiger partial charge is 0.155 e. The van der Waals surface area contributed by atoms with Crippen molar-refractivity contribution in [1.29, 1.82) is 0 Å². The maximum atomic E-state index is 4.18. The minimum atomic E-state index is 0.500. The molecule has 7 aromatic carbocycles. The maximum absolute atomic E-state index is 4.18. The van der Waals surface area contributed by atoms with Gasteiger partial charge in [0, 0.05) is 90.5 Å². The first-order chi connectivity index (χ1) is 66.2. The largest absolute Gasteiger partial charge is 0.345 e. The first kappa shape index (κ1) is 128. The normalized spacial score (nSPS) is 11.0. The van der Waals surface area contributed by atoms with Crippen molar-refractivity contribution in [1.82, 2.24) is 88.6 Å². The molecule has 19 nitrogen and oxygen atoms in total. The maximum Gasteiger partial charge on any atom is 0.155 e. The molecule has 12 aromatic heterocycles. The molecule has 1 aliphatic rings. The topological polar surface area (TPSA) is 225 Å². The lowest BCUT2D eigenvalue weighted by atomic mass is 10.0. The summed E-state index contributed by atoms with van der Waals surface area (Å²) in [7, 11) is 0. The Morgan fingerprint density at radius 1 is 0.266 bits per heavy atom. The summed E-state index contributed by atoms with van der Waals surface area (Å²) < 4.78 is 6.68. The van der Waals surface area contributed by atoms with E-state index >= 15 is 0 Å². The number of benzene rings is 7. The van der Waals surface area contributed by atoms with Gasteiger partial charge in [-0.2, -0.15) is 15.3 Å². The van der Waals surface area contributed by atoms with Crippen LogP contribution in [0.3, 0.4) is 0 Å². The Labute approximate surface area is 865 Å². The van der Waals surface area contributed by atoms with E-state index < -0.39 is 0 Å². The number of aliphatic imine (C=N–C) groups is 1. The molecule has 19 aromatic rings. The van der Waals surface area contributed by atoms with Gasteiger partial charge in [0.1, 0.15) is 18.3 Å². The zero-order chi connectivity index (χ0) is 108.